The predicted octanol–water partition coefficient (Wildman–Crippen LogP) is 2.05. The van der Waals surface area contributed by atoms with Gasteiger partial charge in [0.1, 0.15) is 19.0 Å². The van der Waals surface area contributed by atoms with Crippen LogP contribution in [-0.4, -0.2) is 49.1 Å². The van der Waals surface area contributed by atoms with Crippen LogP contribution in [0.2, 0.25) is 0 Å². The number of benzene rings is 2. The van der Waals surface area contributed by atoms with Crippen LogP contribution in [0.25, 0.3) is 0 Å². The van der Waals surface area contributed by atoms with Gasteiger partial charge in [0.15, 0.2) is 11.5 Å². The number of carbonyl (C=O) groups excluding carboxylic acids is 1. The number of aliphatic carboxylic acids is 1. The molecule has 0 bridgehead atoms. The zero-order valence-corrected chi connectivity index (χ0v) is 15.8. The first-order chi connectivity index (χ1) is 13.4. The van der Waals surface area contributed by atoms with Crippen LogP contribution in [0.4, 0.5) is 4.39 Å². The van der Waals surface area contributed by atoms with Crippen molar-refractivity contribution in [1.29, 1.82) is 0 Å². The number of hydrogen-bond acceptors (Lipinski definition) is 5. The van der Waals surface area contributed by atoms with Gasteiger partial charge in [-0.3, -0.25) is 14.5 Å². The summed E-state index contributed by atoms with van der Waals surface area (Å²) in [5.41, 5.74) is 1.17. The minimum absolute atomic E-state index is 0.0112. The fourth-order valence-electron chi connectivity index (χ4n) is 2.60. The lowest BCUT2D eigenvalue weighted by atomic mass is 10.1. The van der Waals surface area contributed by atoms with Gasteiger partial charge < -0.3 is 19.9 Å². The summed E-state index contributed by atoms with van der Waals surface area (Å²) >= 11 is 0. The van der Waals surface area contributed by atoms with Gasteiger partial charge in [-0.1, -0.05) is 30.3 Å². The molecule has 0 fully saturated rings. The second kappa shape index (κ2) is 10.3. The van der Waals surface area contributed by atoms with Crippen molar-refractivity contribution in [1.82, 2.24) is 10.2 Å². The molecule has 0 aliphatic carbocycles. The lowest BCUT2D eigenvalue weighted by Crippen LogP contribution is -2.37. The van der Waals surface area contributed by atoms with Gasteiger partial charge >= 0.3 is 5.97 Å². The average molecular weight is 390 g/mol. The number of para-hydroxylation sites is 1. The lowest BCUT2D eigenvalue weighted by molar-refractivity contribution is -0.138. The highest BCUT2D eigenvalue weighted by molar-refractivity contribution is 5.82. The number of carboxylic acids is 1. The second-order valence-corrected chi connectivity index (χ2v) is 6.17. The van der Waals surface area contributed by atoms with E-state index in [4.69, 9.17) is 14.6 Å². The third-order valence-corrected chi connectivity index (χ3v) is 3.90. The van der Waals surface area contributed by atoms with Gasteiger partial charge in [-0.25, -0.2) is 4.39 Å². The molecule has 0 unspecified atom stereocenters. The third-order valence-electron chi connectivity index (χ3n) is 3.90. The molecule has 0 atom stereocenters. The van der Waals surface area contributed by atoms with Crippen LogP contribution >= 0.6 is 0 Å². The standard InChI is InChI=1S/C20H23FN2O5/c1-23(12-18(24)22-10-19(25)26)11-14-7-5-9-17(27-2)20(14)28-13-15-6-3-4-8-16(15)21/h3-9H,10-13H2,1-2H3,(H,22,24)(H,25,26). The Labute approximate surface area is 162 Å². The van der Waals surface area contributed by atoms with Crippen LogP contribution in [0.15, 0.2) is 42.5 Å². The molecule has 0 heterocycles. The molecule has 0 saturated carbocycles. The number of carboxylic acid groups (broad SMARTS) is 1. The normalized spacial score (nSPS) is 10.6. The third kappa shape index (κ3) is 6.24. The Bertz CT molecular complexity index is 828. The molecule has 28 heavy (non-hydrogen) atoms. The number of carbonyl (C=O) groups is 2. The molecule has 2 aromatic carbocycles. The molecule has 8 heteroatoms. The fourth-order valence-corrected chi connectivity index (χ4v) is 2.60. The maximum atomic E-state index is 13.9. The summed E-state index contributed by atoms with van der Waals surface area (Å²) in [4.78, 5) is 24.0. The summed E-state index contributed by atoms with van der Waals surface area (Å²) in [6.45, 7) is -0.0345. The van der Waals surface area contributed by atoms with E-state index in [1.165, 1.54) is 13.2 Å². The lowest BCUT2D eigenvalue weighted by Gasteiger charge is -2.20. The molecule has 2 rings (SSSR count). The molecule has 0 aliphatic rings. The van der Waals surface area contributed by atoms with E-state index in [9.17, 15) is 14.0 Å². The van der Waals surface area contributed by atoms with Crippen molar-refractivity contribution < 1.29 is 28.6 Å². The Kier molecular flexibility index (Phi) is 7.76. The SMILES string of the molecule is COc1cccc(CN(C)CC(=O)NCC(=O)O)c1OCc1ccccc1F. The van der Waals surface area contributed by atoms with E-state index in [2.05, 4.69) is 5.32 Å². The Hall–Kier alpha value is -3.13. The second-order valence-electron chi connectivity index (χ2n) is 6.17. The molecule has 2 aromatic rings. The highest BCUT2D eigenvalue weighted by atomic mass is 19.1. The van der Waals surface area contributed by atoms with Crippen LogP contribution in [0.5, 0.6) is 11.5 Å². The van der Waals surface area contributed by atoms with Gasteiger partial charge in [0.25, 0.3) is 0 Å². The Morgan fingerprint density at radius 3 is 2.54 bits per heavy atom. The summed E-state index contributed by atoms with van der Waals surface area (Å²) in [5.74, 6) is -0.899. The van der Waals surface area contributed by atoms with E-state index >= 15 is 0 Å². The quantitative estimate of drug-likeness (QED) is 0.646. The number of rotatable bonds is 10. The zero-order valence-electron chi connectivity index (χ0n) is 15.8. The van der Waals surface area contributed by atoms with Crippen molar-refractivity contribution >= 4 is 11.9 Å². The summed E-state index contributed by atoms with van der Waals surface area (Å²) in [5, 5.41) is 10.9. The number of methoxy groups -OCH3 is 1. The maximum Gasteiger partial charge on any atom is 0.322 e. The number of nitrogens with one attached hydrogen (secondary N) is 1. The Balaban J connectivity index is 2.08. The molecule has 150 valence electrons. The van der Waals surface area contributed by atoms with E-state index < -0.39 is 18.4 Å². The summed E-state index contributed by atoms with van der Waals surface area (Å²) in [6, 6.07) is 11.7. The van der Waals surface area contributed by atoms with E-state index in [0.717, 1.165) is 5.56 Å². The maximum absolute atomic E-state index is 13.9. The molecule has 0 aliphatic heterocycles. The number of likely N-dealkylation sites (N-methyl/N-ethyl adjacent to an activating group) is 1. The van der Waals surface area contributed by atoms with Gasteiger partial charge in [0.05, 0.1) is 13.7 Å². The molecule has 0 radical (unpaired) electrons. The smallest absolute Gasteiger partial charge is 0.322 e. The van der Waals surface area contributed by atoms with Crippen LogP contribution in [0, 0.1) is 5.82 Å². The molecular formula is C20H23FN2O5. The van der Waals surface area contributed by atoms with E-state index in [1.54, 1.807) is 42.3 Å². The average Bonchev–Trinajstić information content (AvgIpc) is 2.66. The van der Waals surface area contributed by atoms with E-state index in [1.807, 2.05) is 6.07 Å². The topological polar surface area (TPSA) is 88.1 Å². The molecule has 0 aromatic heterocycles. The van der Waals surface area contributed by atoms with Crippen LogP contribution in [0.3, 0.4) is 0 Å². The number of amides is 1. The van der Waals surface area contributed by atoms with Gasteiger partial charge in [-0.15, -0.1) is 0 Å². The molecular weight excluding hydrogens is 367 g/mol. The molecule has 0 saturated heterocycles. The van der Waals surface area contributed by atoms with Crippen molar-refractivity contribution in [3.05, 3.63) is 59.4 Å². The summed E-state index contributed by atoms with van der Waals surface area (Å²) in [6.07, 6.45) is 0. The van der Waals surface area contributed by atoms with Crippen molar-refractivity contribution in [2.45, 2.75) is 13.2 Å². The molecule has 0 spiro atoms. The fraction of sp³-hybridized carbons (Fsp3) is 0.300. The number of hydrogen-bond donors (Lipinski definition) is 2. The van der Waals surface area contributed by atoms with E-state index in [0.29, 0.717) is 23.6 Å². The minimum atomic E-state index is -1.10. The van der Waals surface area contributed by atoms with Crippen LogP contribution < -0.4 is 14.8 Å². The first-order valence-corrected chi connectivity index (χ1v) is 8.59. The van der Waals surface area contributed by atoms with Gasteiger partial charge in [0, 0.05) is 17.7 Å². The number of ether oxygens (including phenoxy) is 2. The predicted molar refractivity (Wildman–Crippen MR) is 101 cm³/mol. The minimum Gasteiger partial charge on any atom is -0.493 e. The number of nitrogens with zero attached hydrogens (tertiary/aromatic N) is 1. The van der Waals surface area contributed by atoms with Gasteiger partial charge in [0.2, 0.25) is 5.91 Å². The largest absolute Gasteiger partial charge is 0.493 e. The highest BCUT2D eigenvalue weighted by Gasteiger charge is 2.15. The first-order valence-electron chi connectivity index (χ1n) is 8.59. The zero-order chi connectivity index (χ0) is 20.5. The first kappa shape index (κ1) is 21.2. The van der Waals surface area contributed by atoms with Crippen molar-refractivity contribution in [3.63, 3.8) is 0 Å². The molecule has 1 amide bonds. The summed E-state index contributed by atoms with van der Waals surface area (Å²) in [7, 11) is 3.23. The Morgan fingerprint density at radius 1 is 1.14 bits per heavy atom. The Morgan fingerprint density at radius 2 is 1.86 bits per heavy atom. The van der Waals surface area contributed by atoms with E-state index in [-0.39, 0.29) is 19.0 Å². The molecule has 2 N–H and O–H groups in total. The van der Waals surface area contributed by atoms with Gasteiger partial charge in [-0.2, -0.15) is 0 Å². The molecule has 7 nitrogen and oxygen atoms in total. The van der Waals surface area contributed by atoms with Gasteiger partial charge in [-0.05, 0) is 19.2 Å². The van der Waals surface area contributed by atoms with Crippen molar-refractivity contribution in [2.75, 3.05) is 27.2 Å². The van der Waals surface area contributed by atoms with Crippen LogP contribution in [0.1, 0.15) is 11.1 Å². The van der Waals surface area contributed by atoms with Crippen molar-refractivity contribution in [2.24, 2.45) is 0 Å². The van der Waals surface area contributed by atoms with Crippen molar-refractivity contribution in [3.8, 4) is 11.5 Å². The van der Waals surface area contributed by atoms with Crippen LogP contribution in [-0.2, 0) is 22.7 Å². The summed E-state index contributed by atoms with van der Waals surface area (Å²) < 4.78 is 25.0. The monoisotopic (exact) mass is 390 g/mol. The number of halogens is 1. The highest BCUT2D eigenvalue weighted by Crippen LogP contribution is 2.32.